The van der Waals surface area contributed by atoms with E-state index in [0.717, 1.165) is 16.8 Å². The number of benzene rings is 1. The molecule has 0 spiro atoms. The number of nitrogens with one attached hydrogen (secondary N) is 2. The Kier molecular flexibility index (Phi) is 6.72. The maximum absolute atomic E-state index is 9.74. The van der Waals surface area contributed by atoms with E-state index in [0.29, 0.717) is 18.4 Å². The molecule has 0 saturated heterocycles. The van der Waals surface area contributed by atoms with E-state index in [1.54, 1.807) is 15.9 Å². The van der Waals surface area contributed by atoms with Crippen LogP contribution in [0.3, 0.4) is 0 Å². The van der Waals surface area contributed by atoms with Crippen molar-refractivity contribution in [3.63, 3.8) is 0 Å². The number of hydrogen-bond donors (Lipinski definition) is 3. The van der Waals surface area contributed by atoms with Crippen LogP contribution in [0.15, 0.2) is 47.3 Å². The van der Waals surface area contributed by atoms with Gasteiger partial charge in [0.05, 0.1) is 18.8 Å². The Morgan fingerprint density at radius 3 is 2.44 bits per heavy atom. The molecule has 0 aliphatic heterocycles. The molecule has 0 fully saturated rings. The standard InChI is InChI=1S/C24H30N6OS/c1-15(2)20-12-26-30-22(20)28-23(27-21(13-31)16(3)4)29-24(30)25-11-17-5-7-18(8-6-17)19-9-10-32-14-19/h5-10,12,14-16,21,31H,11,13H2,1-4H3,(H2,25,27,28,29). The molecule has 0 radical (unpaired) electrons. The second kappa shape index (κ2) is 9.67. The van der Waals surface area contributed by atoms with Crippen molar-refractivity contribution < 1.29 is 5.11 Å². The molecule has 168 valence electrons. The Labute approximate surface area is 192 Å². The van der Waals surface area contributed by atoms with Crippen LogP contribution in [0.4, 0.5) is 11.9 Å². The van der Waals surface area contributed by atoms with Gasteiger partial charge < -0.3 is 15.7 Å². The van der Waals surface area contributed by atoms with Crippen molar-refractivity contribution in [2.75, 3.05) is 17.2 Å². The highest BCUT2D eigenvalue weighted by molar-refractivity contribution is 7.08. The third kappa shape index (κ3) is 4.76. The number of aliphatic hydroxyl groups excluding tert-OH is 1. The number of thiophene rings is 1. The monoisotopic (exact) mass is 450 g/mol. The minimum absolute atomic E-state index is 0.0156. The topological polar surface area (TPSA) is 87.4 Å². The molecule has 8 heteroatoms. The van der Waals surface area contributed by atoms with Crippen LogP contribution in [0.25, 0.3) is 16.8 Å². The van der Waals surface area contributed by atoms with Crippen molar-refractivity contribution in [3.8, 4) is 11.1 Å². The van der Waals surface area contributed by atoms with Gasteiger partial charge in [-0.25, -0.2) is 0 Å². The van der Waals surface area contributed by atoms with Gasteiger partial charge in [0.1, 0.15) is 0 Å². The van der Waals surface area contributed by atoms with Gasteiger partial charge in [0.15, 0.2) is 5.65 Å². The van der Waals surface area contributed by atoms with E-state index in [1.807, 2.05) is 6.20 Å². The molecule has 3 aromatic heterocycles. The van der Waals surface area contributed by atoms with Crippen LogP contribution >= 0.6 is 11.3 Å². The lowest BCUT2D eigenvalue weighted by Crippen LogP contribution is -2.30. The van der Waals surface area contributed by atoms with E-state index >= 15 is 0 Å². The van der Waals surface area contributed by atoms with Gasteiger partial charge in [-0.05, 0) is 45.4 Å². The van der Waals surface area contributed by atoms with Crippen LogP contribution in [-0.4, -0.2) is 37.3 Å². The second-order valence-corrected chi connectivity index (χ2v) is 9.38. The SMILES string of the molecule is CC(C)c1cnn2c(NCc3ccc(-c4ccsc4)cc3)nc(NC(CO)C(C)C)nc12. The summed E-state index contributed by atoms with van der Waals surface area (Å²) in [6, 6.07) is 10.5. The quantitative estimate of drug-likeness (QED) is 0.332. The van der Waals surface area contributed by atoms with Crippen molar-refractivity contribution >= 4 is 28.9 Å². The van der Waals surface area contributed by atoms with Crippen molar-refractivity contribution in [1.82, 2.24) is 19.6 Å². The summed E-state index contributed by atoms with van der Waals surface area (Å²) < 4.78 is 1.75. The lowest BCUT2D eigenvalue weighted by atomic mass is 10.1. The molecule has 7 nitrogen and oxygen atoms in total. The molecule has 1 unspecified atom stereocenters. The smallest absolute Gasteiger partial charge is 0.229 e. The van der Waals surface area contributed by atoms with Crippen LogP contribution in [0.5, 0.6) is 0 Å². The van der Waals surface area contributed by atoms with Crippen LogP contribution in [0, 0.1) is 5.92 Å². The highest BCUT2D eigenvalue weighted by Gasteiger charge is 2.18. The van der Waals surface area contributed by atoms with Gasteiger partial charge in [0, 0.05) is 12.1 Å². The van der Waals surface area contributed by atoms with Gasteiger partial charge in [0.25, 0.3) is 0 Å². The zero-order valence-corrected chi connectivity index (χ0v) is 19.7. The van der Waals surface area contributed by atoms with Gasteiger partial charge in [-0.15, -0.1) is 0 Å². The van der Waals surface area contributed by atoms with Crippen molar-refractivity contribution in [3.05, 3.63) is 58.4 Å². The number of aliphatic hydroxyl groups is 1. The molecule has 0 saturated carbocycles. The first-order chi connectivity index (χ1) is 15.5. The summed E-state index contributed by atoms with van der Waals surface area (Å²) >= 11 is 1.70. The molecular formula is C24H30N6OS. The Balaban J connectivity index is 1.60. The van der Waals surface area contributed by atoms with E-state index in [4.69, 9.17) is 4.98 Å². The lowest BCUT2D eigenvalue weighted by molar-refractivity contribution is 0.248. The summed E-state index contributed by atoms with van der Waals surface area (Å²) in [6.07, 6.45) is 1.85. The predicted molar refractivity (Wildman–Crippen MR) is 131 cm³/mol. The summed E-state index contributed by atoms with van der Waals surface area (Å²) in [5.74, 6) is 1.63. The van der Waals surface area contributed by atoms with Gasteiger partial charge in [-0.3, -0.25) is 0 Å². The molecule has 4 rings (SSSR count). The molecule has 4 aromatic rings. The molecule has 0 aliphatic carbocycles. The Morgan fingerprint density at radius 1 is 1.03 bits per heavy atom. The summed E-state index contributed by atoms with van der Waals surface area (Å²) in [5, 5.41) is 25.2. The average Bonchev–Trinajstić information content (AvgIpc) is 3.46. The van der Waals surface area contributed by atoms with Crippen molar-refractivity contribution in [1.29, 1.82) is 0 Å². The summed E-state index contributed by atoms with van der Waals surface area (Å²) in [7, 11) is 0. The number of nitrogens with zero attached hydrogens (tertiary/aromatic N) is 4. The predicted octanol–water partition coefficient (Wildman–Crippen LogP) is 5.02. The van der Waals surface area contributed by atoms with Gasteiger partial charge >= 0.3 is 0 Å². The van der Waals surface area contributed by atoms with Crippen LogP contribution < -0.4 is 10.6 Å². The number of fused-ring (bicyclic) bond motifs is 1. The molecule has 0 bridgehead atoms. The minimum atomic E-state index is -0.125. The van der Waals surface area contributed by atoms with E-state index in [-0.39, 0.29) is 24.5 Å². The fourth-order valence-corrected chi connectivity index (χ4v) is 4.16. The van der Waals surface area contributed by atoms with Crippen LogP contribution in [0.2, 0.25) is 0 Å². The van der Waals surface area contributed by atoms with E-state index in [1.165, 1.54) is 11.1 Å². The van der Waals surface area contributed by atoms with Crippen molar-refractivity contribution in [2.45, 2.75) is 46.2 Å². The molecule has 1 aromatic carbocycles. The summed E-state index contributed by atoms with van der Waals surface area (Å²) in [4.78, 5) is 9.38. The van der Waals surface area contributed by atoms with Gasteiger partial charge in [-0.1, -0.05) is 52.0 Å². The van der Waals surface area contributed by atoms with E-state index < -0.39 is 0 Å². The van der Waals surface area contributed by atoms with Crippen molar-refractivity contribution in [2.24, 2.45) is 5.92 Å². The average molecular weight is 451 g/mol. The third-order valence-corrected chi connectivity index (χ3v) is 6.28. The first-order valence-corrected chi connectivity index (χ1v) is 11.9. The van der Waals surface area contributed by atoms with E-state index in [2.05, 4.69) is 89.5 Å². The molecule has 0 amide bonds. The Morgan fingerprint density at radius 2 is 1.81 bits per heavy atom. The maximum atomic E-state index is 9.74. The highest BCUT2D eigenvalue weighted by atomic mass is 32.1. The first-order valence-electron chi connectivity index (χ1n) is 10.9. The number of hydrogen-bond acceptors (Lipinski definition) is 7. The molecule has 3 N–H and O–H groups in total. The normalized spacial score (nSPS) is 12.6. The lowest BCUT2D eigenvalue weighted by Gasteiger charge is -2.20. The first kappa shape index (κ1) is 22.2. The zero-order valence-electron chi connectivity index (χ0n) is 18.9. The third-order valence-electron chi connectivity index (χ3n) is 5.59. The molecule has 0 aliphatic rings. The van der Waals surface area contributed by atoms with Crippen LogP contribution in [-0.2, 0) is 6.54 Å². The Hall–Kier alpha value is -2.97. The highest BCUT2D eigenvalue weighted by Crippen LogP contribution is 2.24. The minimum Gasteiger partial charge on any atom is -0.394 e. The molecule has 1 atom stereocenters. The molecule has 3 heterocycles. The van der Waals surface area contributed by atoms with E-state index in [9.17, 15) is 5.11 Å². The number of anilines is 2. The zero-order chi connectivity index (χ0) is 22.7. The van der Waals surface area contributed by atoms with Gasteiger partial charge in [-0.2, -0.15) is 30.9 Å². The molecule has 32 heavy (non-hydrogen) atoms. The number of aromatic nitrogens is 4. The fourth-order valence-electron chi connectivity index (χ4n) is 3.49. The summed E-state index contributed by atoms with van der Waals surface area (Å²) in [5.41, 5.74) is 5.43. The van der Waals surface area contributed by atoms with Crippen LogP contribution in [0.1, 0.15) is 44.7 Å². The molecular weight excluding hydrogens is 420 g/mol. The van der Waals surface area contributed by atoms with Gasteiger partial charge in [0.2, 0.25) is 11.9 Å². The summed E-state index contributed by atoms with van der Waals surface area (Å²) in [6.45, 7) is 8.99. The maximum Gasteiger partial charge on any atom is 0.229 e. The Bertz CT molecular complexity index is 1150. The fraction of sp³-hybridized carbons (Fsp3) is 0.375. The second-order valence-electron chi connectivity index (χ2n) is 8.60. The number of rotatable bonds is 9. The largest absolute Gasteiger partial charge is 0.394 e.